The Morgan fingerprint density at radius 2 is 2.06 bits per heavy atom. The second-order valence-electron chi connectivity index (χ2n) is 3.12. The van der Waals surface area contributed by atoms with Crippen LogP contribution in [0.5, 0.6) is 0 Å². The van der Waals surface area contributed by atoms with Gasteiger partial charge < -0.3 is 5.73 Å². The molecule has 17 heavy (non-hydrogen) atoms. The smallest absolute Gasteiger partial charge is 0.173 e. The Labute approximate surface area is 99.5 Å². The van der Waals surface area contributed by atoms with Crippen molar-refractivity contribution in [2.45, 2.75) is 13.8 Å². The molecule has 0 aliphatic rings. The maximum Gasteiger partial charge on any atom is 0.173 e. The molecule has 0 spiro atoms. The summed E-state index contributed by atoms with van der Waals surface area (Å²) in [6.45, 7) is 3.86. The van der Waals surface area contributed by atoms with E-state index < -0.39 is 0 Å². The van der Waals surface area contributed by atoms with Gasteiger partial charge in [0.2, 0.25) is 0 Å². The van der Waals surface area contributed by atoms with Crippen molar-refractivity contribution in [3.05, 3.63) is 42.0 Å². The van der Waals surface area contributed by atoms with Gasteiger partial charge >= 0.3 is 0 Å². The minimum absolute atomic E-state index is 0.0968. The van der Waals surface area contributed by atoms with Gasteiger partial charge in [0.15, 0.2) is 5.84 Å². The molecule has 1 heterocycles. The lowest BCUT2D eigenvalue weighted by Crippen LogP contribution is -2.15. The molecular formula is C11H14N6. The first kappa shape index (κ1) is 12.7. The van der Waals surface area contributed by atoms with E-state index in [9.17, 15) is 0 Å². The lowest BCUT2D eigenvalue weighted by atomic mass is 10.1. The molecule has 0 bridgehead atoms. The van der Waals surface area contributed by atoms with Crippen LogP contribution in [0.4, 0.5) is 0 Å². The van der Waals surface area contributed by atoms with Crippen LogP contribution in [0.3, 0.4) is 0 Å². The Morgan fingerprint density at radius 1 is 1.35 bits per heavy atom. The Kier molecular flexibility index (Phi) is 4.68. The van der Waals surface area contributed by atoms with E-state index in [0.29, 0.717) is 5.69 Å². The van der Waals surface area contributed by atoms with Gasteiger partial charge in [-0.25, -0.2) is 9.97 Å². The van der Waals surface area contributed by atoms with E-state index in [1.807, 2.05) is 32.1 Å². The third kappa shape index (κ3) is 3.30. The van der Waals surface area contributed by atoms with Crippen molar-refractivity contribution in [2.75, 3.05) is 0 Å². The van der Waals surface area contributed by atoms with E-state index >= 15 is 0 Å². The largest absolute Gasteiger partial charge is 0.380 e. The molecule has 1 aromatic rings. The molecule has 0 aliphatic heterocycles. The molecule has 0 aromatic carbocycles. The van der Waals surface area contributed by atoms with Crippen LogP contribution in [0.2, 0.25) is 0 Å². The Bertz CT molecular complexity index is 486. The van der Waals surface area contributed by atoms with Gasteiger partial charge in [0.25, 0.3) is 0 Å². The second-order valence-corrected chi connectivity index (χ2v) is 3.12. The summed E-state index contributed by atoms with van der Waals surface area (Å²) in [5, 5.41) is 6.29. The summed E-state index contributed by atoms with van der Waals surface area (Å²) in [5.74, 6) is 0.0968. The third-order valence-corrected chi connectivity index (χ3v) is 2.04. The fourth-order valence-corrected chi connectivity index (χ4v) is 1.27. The number of amidine groups is 1. The summed E-state index contributed by atoms with van der Waals surface area (Å²) in [5.41, 5.74) is 14.4. The lowest BCUT2D eigenvalue weighted by Gasteiger charge is -2.03. The van der Waals surface area contributed by atoms with E-state index in [2.05, 4.69) is 20.3 Å². The number of hydrogen-bond acceptors (Lipinski definition) is 4. The van der Waals surface area contributed by atoms with Crippen LogP contribution < -0.4 is 5.73 Å². The van der Waals surface area contributed by atoms with Crippen LogP contribution in [-0.2, 0) is 0 Å². The highest BCUT2D eigenvalue weighted by Gasteiger charge is 2.04. The van der Waals surface area contributed by atoms with Crippen LogP contribution in [0.25, 0.3) is 5.57 Å². The fraction of sp³-hybridized carbons (Fsp3) is 0.182. The summed E-state index contributed by atoms with van der Waals surface area (Å²) in [7, 11) is 0. The van der Waals surface area contributed by atoms with Crippen molar-refractivity contribution in [3.63, 3.8) is 0 Å². The maximum atomic E-state index is 6.61. The van der Waals surface area contributed by atoms with Gasteiger partial charge in [0.05, 0.1) is 5.69 Å². The number of nitrogens with one attached hydrogen (secondary N) is 1. The van der Waals surface area contributed by atoms with E-state index in [0.717, 1.165) is 11.3 Å². The van der Waals surface area contributed by atoms with Crippen molar-refractivity contribution in [3.8, 4) is 0 Å². The first-order chi connectivity index (χ1) is 8.22. The molecule has 0 aliphatic carbocycles. The van der Waals surface area contributed by atoms with Crippen LogP contribution in [0.15, 0.2) is 40.9 Å². The average molecular weight is 230 g/mol. The van der Waals surface area contributed by atoms with Crippen molar-refractivity contribution < 1.29 is 0 Å². The number of rotatable bonds is 4. The zero-order chi connectivity index (χ0) is 12.7. The van der Waals surface area contributed by atoms with E-state index in [1.54, 1.807) is 6.07 Å². The van der Waals surface area contributed by atoms with Crippen molar-refractivity contribution in [1.82, 2.24) is 9.97 Å². The van der Waals surface area contributed by atoms with Crippen LogP contribution in [-0.4, -0.2) is 15.8 Å². The zero-order valence-corrected chi connectivity index (χ0v) is 9.75. The van der Waals surface area contributed by atoms with Gasteiger partial charge in [-0.2, -0.15) is 5.53 Å². The molecule has 1 aromatic heterocycles. The molecule has 0 radical (unpaired) electrons. The van der Waals surface area contributed by atoms with Gasteiger partial charge in [0, 0.05) is 0 Å². The number of nitrogens with two attached hydrogens (primary N) is 1. The monoisotopic (exact) mass is 230 g/mol. The Hall–Kier alpha value is -2.37. The summed E-state index contributed by atoms with van der Waals surface area (Å²) in [6.07, 6.45) is 7.21. The SMILES string of the molecule is CC=C/C(=C\C)c1cc(C(N)=NN=N)ncn1. The quantitative estimate of drug-likeness (QED) is 0.272. The first-order valence-electron chi connectivity index (χ1n) is 5.04. The van der Waals surface area contributed by atoms with Crippen LogP contribution in [0.1, 0.15) is 25.2 Å². The predicted molar refractivity (Wildman–Crippen MR) is 66.4 cm³/mol. The second kappa shape index (κ2) is 6.26. The molecule has 0 amide bonds. The van der Waals surface area contributed by atoms with E-state index in [-0.39, 0.29) is 5.84 Å². The molecule has 6 nitrogen and oxygen atoms in total. The zero-order valence-electron chi connectivity index (χ0n) is 9.75. The summed E-state index contributed by atoms with van der Waals surface area (Å²) in [4.78, 5) is 8.13. The number of aromatic nitrogens is 2. The van der Waals surface area contributed by atoms with Crippen molar-refractivity contribution >= 4 is 11.4 Å². The third-order valence-electron chi connectivity index (χ3n) is 2.04. The molecule has 0 saturated carbocycles. The van der Waals surface area contributed by atoms with Crippen LogP contribution in [0, 0.1) is 5.53 Å². The van der Waals surface area contributed by atoms with Crippen molar-refractivity contribution in [2.24, 2.45) is 16.1 Å². The molecule has 88 valence electrons. The summed E-state index contributed by atoms with van der Waals surface area (Å²) >= 11 is 0. The minimum atomic E-state index is 0.0968. The van der Waals surface area contributed by atoms with E-state index in [1.165, 1.54) is 6.33 Å². The van der Waals surface area contributed by atoms with Gasteiger partial charge in [0.1, 0.15) is 12.0 Å². The molecule has 6 heteroatoms. The van der Waals surface area contributed by atoms with Gasteiger partial charge in [-0.15, -0.1) is 5.10 Å². The summed E-state index contributed by atoms with van der Waals surface area (Å²) < 4.78 is 0. The highest BCUT2D eigenvalue weighted by atomic mass is 15.3. The average Bonchev–Trinajstić information content (AvgIpc) is 2.36. The Morgan fingerprint density at radius 3 is 2.65 bits per heavy atom. The highest BCUT2D eigenvalue weighted by molar-refractivity contribution is 5.96. The summed E-state index contributed by atoms with van der Waals surface area (Å²) in [6, 6.07) is 1.71. The molecule has 0 unspecified atom stereocenters. The number of nitrogens with zero attached hydrogens (tertiary/aromatic N) is 4. The highest BCUT2D eigenvalue weighted by Crippen LogP contribution is 2.13. The fourth-order valence-electron chi connectivity index (χ4n) is 1.27. The van der Waals surface area contributed by atoms with Crippen molar-refractivity contribution in [1.29, 1.82) is 5.53 Å². The maximum absolute atomic E-state index is 6.61. The molecular weight excluding hydrogens is 216 g/mol. The lowest BCUT2D eigenvalue weighted by molar-refractivity contribution is 0.981. The predicted octanol–water partition coefficient (Wildman–Crippen LogP) is 2.11. The Balaban J connectivity index is 3.17. The molecule has 1 rings (SSSR count). The molecule has 0 fully saturated rings. The van der Waals surface area contributed by atoms with Crippen LogP contribution >= 0.6 is 0 Å². The van der Waals surface area contributed by atoms with Gasteiger partial charge in [-0.05, 0) is 25.5 Å². The molecule has 3 N–H and O–H groups in total. The minimum Gasteiger partial charge on any atom is -0.380 e. The topological polar surface area (TPSA) is 100 Å². The molecule has 0 atom stereocenters. The van der Waals surface area contributed by atoms with E-state index in [4.69, 9.17) is 11.3 Å². The number of allylic oxidation sites excluding steroid dienone is 4. The van der Waals surface area contributed by atoms with Gasteiger partial charge in [-0.3, -0.25) is 0 Å². The first-order valence-corrected chi connectivity index (χ1v) is 5.04. The standard InChI is InChI=1S/C11H14N6/c1-3-5-8(4-2)9-6-10(15-7-14-9)11(12)16-17-13/h3-7H,1-2H3,(H3,12,13,16)/b5-3?,8-4+. The molecule has 0 saturated heterocycles. The number of hydrogen-bond donors (Lipinski definition) is 2. The normalized spacial score (nSPS) is 13.1. The van der Waals surface area contributed by atoms with Gasteiger partial charge in [-0.1, -0.05) is 23.5 Å².